The van der Waals surface area contributed by atoms with E-state index < -0.39 is 17.3 Å². The van der Waals surface area contributed by atoms with E-state index in [-0.39, 0.29) is 53.3 Å². The van der Waals surface area contributed by atoms with Gasteiger partial charge in [0.15, 0.2) is 24.2 Å². The number of carbonyl (C=O) groups is 2. The molecule has 1 saturated heterocycles. The molecule has 0 spiro atoms. The van der Waals surface area contributed by atoms with Gasteiger partial charge in [-0.1, -0.05) is 0 Å². The SMILES string of the molecule is CNC(=O)c1nc(-c2cc3cn(C)nc3c(F)c2OCOC)nc2ccc(N3C[C@@H](C)N(C(=O)OC(C)(C)C)[C@@H](C)C3)cc12. The first kappa shape index (κ1) is 30.9. The highest BCUT2D eigenvalue weighted by Crippen LogP contribution is 2.37. The Hall–Kier alpha value is -4.52. The molecule has 0 unspecified atom stereocenters. The highest BCUT2D eigenvalue weighted by atomic mass is 19.1. The zero-order valence-electron chi connectivity index (χ0n) is 26.3. The molecule has 1 aliphatic heterocycles. The number of amides is 2. The number of benzene rings is 2. The molecule has 1 aliphatic rings. The molecule has 13 heteroatoms. The number of fused-ring (bicyclic) bond motifs is 2. The van der Waals surface area contributed by atoms with Gasteiger partial charge < -0.3 is 24.4 Å². The van der Waals surface area contributed by atoms with E-state index in [1.807, 2.05) is 52.8 Å². The van der Waals surface area contributed by atoms with Crippen LogP contribution in [0.1, 0.15) is 45.1 Å². The van der Waals surface area contributed by atoms with Gasteiger partial charge in [-0.2, -0.15) is 5.10 Å². The molecule has 12 nitrogen and oxygen atoms in total. The number of aryl methyl sites for hydroxylation is 1. The summed E-state index contributed by atoms with van der Waals surface area (Å²) in [6.45, 7) is 10.4. The van der Waals surface area contributed by atoms with Crippen LogP contribution in [-0.4, -0.2) is 88.4 Å². The summed E-state index contributed by atoms with van der Waals surface area (Å²) in [5.74, 6) is -1.10. The van der Waals surface area contributed by atoms with Crippen LogP contribution in [0.15, 0.2) is 30.5 Å². The average molecular weight is 608 g/mol. The fraction of sp³-hybridized carbons (Fsp3) is 0.452. The summed E-state index contributed by atoms with van der Waals surface area (Å²) in [4.78, 5) is 39.4. The molecule has 1 N–H and O–H groups in total. The summed E-state index contributed by atoms with van der Waals surface area (Å²) in [5, 5.41) is 7.92. The van der Waals surface area contributed by atoms with Gasteiger partial charge in [-0.15, -0.1) is 0 Å². The number of methoxy groups -OCH3 is 1. The normalized spacial score (nSPS) is 17.3. The Bertz CT molecular complexity index is 1720. The number of hydrogen-bond donors (Lipinski definition) is 1. The molecule has 2 atom stereocenters. The molecule has 2 aromatic heterocycles. The predicted molar refractivity (Wildman–Crippen MR) is 164 cm³/mol. The molecule has 0 radical (unpaired) electrons. The van der Waals surface area contributed by atoms with Crippen molar-refractivity contribution in [3.8, 4) is 17.1 Å². The van der Waals surface area contributed by atoms with Crippen molar-refractivity contribution in [1.29, 1.82) is 0 Å². The van der Waals surface area contributed by atoms with Crippen molar-refractivity contribution in [1.82, 2.24) is 30.0 Å². The number of rotatable bonds is 6. The van der Waals surface area contributed by atoms with Gasteiger partial charge >= 0.3 is 6.09 Å². The molecule has 2 aromatic carbocycles. The van der Waals surface area contributed by atoms with E-state index in [4.69, 9.17) is 19.2 Å². The first-order valence-electron chi connectivity index (χ1n) is 14.4. The molecule has 0 saturated carbocycles. The van der Waals surface area contributed by atoms with Crippen molar-refractivity contribution in [2.45, 2.75) is 52.3 Å². The van der Waals surface area contributed by atoms with Gasteiger partial charge in [0.2, 0.25) is 0 Å². The van der Waals surface area contributed by atoms with Gasteiger partial charge in [-0.05, 0) is 58.9 Å². The highest BCUT2D eigenvalue weighted by Gasteiger charge is 2.36. The van der Waals surface area contributed by atoms with Crippen LogP contribution in [0.2, 0.25) is 0 Å². The van der Waals surface area contributed by atoms with Crippen LogP contribution in [0.25, 0.3) is 33.2 Å². The van der Waals surface area contributed by atoms with E-state index in [9.17, 15) is 9.59 Å². The van der Waals surface area contributed by atoms with Crippen LogP contribution < -0.4 is 15.0 Å². The van der Waals surface area contributed by atoms with Crippen LogP contribution in [0.4, 0.5) is 14.9 Å². The number of hydrogen-bond acceptors (Lipinski definition) is 9. The third kappa shape index (κ3) is 5.96. The molecule has 44 heavy (non-hydrogen) atoms. The lowest BCUT2D eigenvalue weighted by atomic mass is 10.1. The number of piperazine rings is 1. The van der Waals surface area contributed by atoms with Gasteiger partial charge in [0, 0.05) is 57.0 Å². The van der Waals surface area contributed by atoms with Crippen molar-refractivity contribution in [2.24, 2.45) is 7.05 Å². The highest BCUT2D eigenvalue weighted by molar-refractivity contribution is 6.06. The second kappa shape index (κ2) is 11.9. The number of halogens is 1. The standard InChI is InChI=1S/C31H38FN7O5/c1-17-13-38(14-18(2)39(17)30(41)44-31(3,4)5)20-9-10-23-21(12-20)26(29(40)33-6)35-28(34-23)22-11-19-15-37(7)36-25(19)24(32)27(22)43-16-42-8/h9-12,15,17-18H,13-14,16H2,1-8H3,(H,33,40)/t17-,18+. The third-order valence-electron chi connectivity index (χ3n) is 7.38. The maximum atomic E-state index is 15.6. The van der Waals surface area contributed by atoms with Crippen molar-refractivity contribution in [3.05, 3.63) is 42.0 Å². The van der Waals surface area contributed by atoms with Crippen molar-refractivity contribution < 1.29 is 28.2 Å². The second-order valence-electron chi connectivity index (χ2n) is 12.0. The fourth-order valence-corrected chi connectivity index (χ4v) is 5.59. The number of anilines is 1. The zero-order valence-corrected chi connectivity index (χ0v) is 26.3. The Morgan fingerprint density at radius 3 is 2.45 bits per heavy atom. The van der Waals surface area contributed by atoms with Gasteiger partial charge in [0.1, 0.15) is 16.8 Å². The minimum absolute atomic E-state index is 0.118. The maximum absolute atomic E-state index is 15.6. The summed E-state index contributed by atoms with van der Waals surface area (Å²) in [6, 6.07) is 7.05. The Morgan fingerprint density at radius 1 is 1.11 bits per heavy atom. The molecule has 3 heterocycles. The van der Waals surface area contributed by atoms with Crippen LogP contribution in [0, 0.1) is 5.82 Å². The van der Waals surface area contributed by atoms with Crippen LogP contribution in [0.3, 0.4) is 0 Å². The topological polar surface area (TPSA) is 124 Å². The van der Waals surface area contributed by atoms with Crippen molar-refractivity contribution >= 4 is 39.5 Å². The lowest BCUT2D eigenvalue weighted by Gasteiger charge is -2.45. The molecule has 234 valence electrons. The summed E-state index contributed by atoms with van der Waals surface area (Å²) in [5.41, 5.74) is 1.29. The van der Waals surface area contributed by atoms with E-state index in [1.165, 1.54) is 18.8 Å². The summed E-state index contributed by atoms with van der Waals surface area (Å²) in [6.07, 6.45) is 1.34. The Morgan fingerprint density at radius 2 is 1.82 bits per heavy atom. The number of nitrogens with one attached hydrogen (secondary N) is 1. The number of carbonyl (C=O) groups excluding carboxylic acids is 2. The molecule has 5 rings (SSSR count). The third-order valence-corrected chi connectivity index (χ3v) is 7.38. The second-order valence-corrected chi connectivity index (χ2v) is 12.0. The van der Waals surface area contributed by atoms with E-state index >= 15 is 4.39 Å². The lowest BCUT2D eigenvalue weighted by molar-refractivity contribution is 0.00564. The maximum Gasteiger partial charge on any atom is 0.410 e. The molecule has 1 fully saturated rings. The van der Waals surface area contributed by atoms with Gasteiger partial charge in [-0.25, -0.2) is 19.2 Å². The lowest BCUT2D eigenvalue weighted by Crippen LogP contribution is -2.59. The summed E-state index contributed by atoms with van der Waals surface area (Å²) >= 11 is 0. The number of aromatic nitrogens is 4. The Labute approximate surface area is 255 Å². The Balaban J connectivity index is 1.56. The predicted octanol–water partition coefficient (Wildman–Crippen LogP) is 4.50. The van der Waals surface area contributed by atoms with E-state index in [0.717, 1.165) is 5.69 Å². The fourth-order valence-electron chi connectivity index (χ4n) is 5.59. The minimum Gasteiger partial charge on any atom is -0.464 e. The van der Waals surface area contributed by atoms with Crippen LogP contribution in [-0.2, 0) is 16.5 Å². The van der Waals surface area contributed by atoms with Crippen LogP contribution in [0.5, 0.6) is 5.75 Å². The zero-order chi connectivity index (χ0) is 31.9. The summed E-state index contributed by atoms with van der Waals surface area (Å²) < 4.78 is 33.5. The minimum atomic E-state index is -0.676. The molecular weight excluding hydrogens is 569 g/mol. The first-order valence-corrected chi connectivity index (χ1v) is 14.4. The smallest absolute Gasteiger partial charge is 0.410 e. The van der Waals surface area contributed by atoms with E-state index in [1.54, 1.807) is 24.2 Å². The summed E-state index contributed by atoms with van der Waals surface area (Å²) in [7, 11) is 4.65. The average Bonchev–Trinajstić information content (AvgIpc) is 3.34. The molecule has 2 amide bonds. The quantitative estimate of drug-likeness (QED) is 0.316. The molecule has 4 aromatic rings. The van der Waals surface area contributed by atoms with E-state index in [2.05, 4.69) is 20.3 Å². The Kier molecular flexibility index (Phi) is 8.34. The number of ether oxygens (including phenoxy) is 3. The first-order chi connectivity index (χ1) is 20.8. The number of nitrogens with zero attached hydrogens (tertiary/aromatic N) is 6. The van der Waals surface area contributed by atoms with E-state index in [0.29, 0.717) is 29.4 Å². The van der Waals surface area contributed by atoms with Gasteiger partial charge in [0.05, 0.1) is 23.2 Å². The molecule has 0 bridgehead atoms. The van der Waals surface area contributed by atoms with Gasteiger partial charge in [-0.3, -0.25) is 14.4 Å². The van der Waals surface area contributed by atoms with Crippen LogP contribution >= 0.6 is 0 Å². The monoisotopic (exact) mass is 607 g/mol. The van der Waals surface area contributed by atoms with Crippen molar-refractivity contribution in [2.75, 3.05) is 38.9 Å². The molecule has 0 aliphatic carbocycles. The van der Waals surface area contributed by atoms with Crippen molar-refractivity contribution in [3.63, 3.8) is 0 Å². The largest absolute Gasteiger partial charge is 0.464 e. The molecular formula is C31H38FN7O5. The van der Waals surface area contributed by atoms with Gasteiger partial charge in [0.25, 0.3) is 5.91 Å².